The monoisotopic (exact) mass is 175 g/mol. The molecular formula is C8H9N5. The van der Waals surface area contributed by atoms with Gasteiger partial charge < -0.3 is 10.3 Å². The van der Waals surface area contributed by atoms with E-state index >= 15 is 0 Å². The quantitative estimate of drug-likeness (QED) is 0.724. The van der Waals surface area contributed by atoms with Gasteiger partial charge in [-0.2, -0.15) is 0 Å². The van der Waals surface area contributed by atoms with Crippen LogP contribution in [0.5, 0.6) is 0 Å². The molecule has 0 bridgehead atoms. The van der Waals surface area contributed by atoms with Crippen molar-refractivity contribution in [2.75, 3.05) is 5.32 Å². The maximum Gasteiger partial charge on any atom is 0.129 e. The molecule has 0 saturated heterocycles. The third-order valence-corrected chi connectivity index (χ3v) is 1.60. The summed E-state index contributed by atoms with van der Waals surface area (Å²) in [5, 5.41) is 3.12. The Kier molecular flexibility index (Phi) is 2.18. The fourth-order valence-corrected chi connectivity index (χ4v) is 0.962. The van der Waals surface area contributed by atoms with E-state index in [0.29, 0.717) is 6.54 Å². The van der Waals surface area contributed by atoms with Crippen molar-refractivity contribution in [3.05, 3.63) is 36.8 Å². The lowest BCUT2D eigenvalue weighted by Gasteiger charge is -2.01. The van der Waals surface area contributed by atoms with Gasteiger partial charge in [0.05, 0.1) is 18.6 Å². The minimum atomic E-state index is 0.691. The summed E-state index contributed by atoms with van der Waals surface area (Å²) in [4.78, 5) is 14.7. The average molecular weight is 175 g/mol. The van der Waals surface area contributed by atoms with E-state index in [1.807, 2.05) is 6.07 Å². The Bertz CT molecular complexity index is 342. The zero-order chi connectivity index (χ0) is 8.93. The van der Waals surface area contributed by atoms with Crippen molar-refractivity contribution in [2.45, 2.75) is 6.54 Å². The number of aromatic nitrogens is 4. The second-order valence-electron chi connectivity index (χ2n) is 2.53. The fraction of sp³-hybridized carbons (Fsp3) is 0.125. The molecule has 2 rings (SSSR count). The summed E-state index contributed by atoms with van der Waals surface area (Å²) in [5.74, 6) is 0.810. The van der Waals surface area contributed by atoms with Gasteiger partial charge in [0, 0.05) is 12.4 Å². The van der Waals surface area contributed by atoms with E-state index in [2.05, 4.69) is 25.3 Å². The number of hydrogen-bond acceptors (Lipinski definition) is 4. The molecule has 0 atom stereocenters. The second-order valence-corrected chi connectivity index (χ2v) is 2.53. The van der Waals surface area contributed by atoms with Gasteiger partial charge in [0.1, 0.15) is 12.1 Å². The standard InChI is InChI=1S/C8H9N5/c1-2-9-5-13-8(1)11-4-7-3-10-6-12-7/h1-3,5-6H,4H2,(H,10,12)(H,9,11,13). The molecule has 0 aliphatic heterocycles. The number of rotatable bonds is 3. The smallest absolute Gasteiger partial charge is 0.129 e. The van der Waals surface area contributed by atoms with Crippen LogP contribution in [0.15, 0.2) is 31.1 Å². The zero-order valence-corrected chi connectivity index (χ0v) is 6.94. The minimum absolute atomic E-state index is 0.691. The van der Waals surface area contributed by atoms with Gasteiger partial charge in [-0.05, 0) is 6.07 Å². The van der Waals surface area contributed by atoms with Crippen molar-refractivity contribution < 1.29 is 0 Å². The van der Waals surface area contributed by atoms with E-state index in [4.69, 9.17) is 0 Å². The molecule has 0 aromatic carbocycles. The second kappa shape index (κ2) is 3.66. The van der Waals surface area contributed by atoms with E-state index in [1.165, 1.54) is 6.33 Å². The van der Waals surface area contributed by atoms with Crippen LogP contribution in [0.2, 0.25) is 0 Å². The Morgan fingerprint density at radius 3 is 3.08 bits per heavy atom. The number of imidazole rings is 1. The highest BCUT2D eigenvalue weighted by atomic mass is 15.0. The van der Waals surface area contributed by atoms with E-state index in [9.17, 15) is 0 Å². The van der Waals surface area contributed by atoms with Crippen LogP contribution in [0.4, 0.5) is 5.82 Å². The summed E-state index contributed by atoms with van der Waals surface area (Å²) in [7, 11) is 0. The first-order valence-corrected chi connectivity index (χ1v) is 3.92. The highest BCUT2D eigenvalue weighted by Crippen LogP contribution is 2.00. The van der Waals surface area contributed by atoms with Crippen molar-refractivity contribution >= 4 is 5.82 Å². The van der Waals surface area contributed by atoms with Gasteiger partial charge in [-0.3, -0.25) is 0 Å². The zero-order valence-electron chi connectivity index (χ0n) is 6.94. The van der Waals surface area contributed by atoms with E-state index in [-0.39, 0.29) is 0 Å². The van der Waals surface area contributed by atoms with Crippen LogP contribution in [-0.4, -0.2) is 19.9 Å². The average Bonchev–Trinajstić information content (AvgIpc) is 2.69. The largest absolute Gasteiger partial charge is 0.364 e. The fourth-order valence-electron chi connectivity index (χ4n) is 0.962. The SMILES string of the molecule is c1cc(NCc2cnc[nH]2)ncn1. The number of hydrogen-bond donors (Lipinski definition) is 2. The molecule has 0 saturated carbocycles. The topological polar surface area (TPSA) is 66.5 Å². The Hall–Kier alpha value is -1.91. The van der Waals surface area contributed by atoms with Gasteiger partial charge in [0.15, 0.2) is 0 Å². The van der Waals surface area contributed by atoms with Crippen molar-refractivity contribution in [3.63, 3.8) is 0 Å². The number of anilines is 1. The number of aromatic amines is 1. The highest BCUT2D eigenvalue weighted by Gasteiger charge is 1.93. The molecule has 2 aromatic rings. The molecule has 2 heterocycles. The first kappa shape index (κ1) is 7.72. The van der Waals surface area contributed by atoms with Gasteiger partial charge in [0.2, 0.25) is 0 Å². The Labute approximate surface area is 75.3 Å². The van der Waals surface area contributed by atoms with Gasteiger partial charge in [-0.15, -0.1) is 0 Å². The van der Waals surface area contributed by atoms with E-state index < -0.39 is 0 Å². The summed E-state index contributed by atoms with van der Waals surface area (Å²) in [6.07, 6.45) is 6.63. The molecule has 0 fully saturated rings. The number of H-pyrrole nitrogens is 1. The van der Waals surface area contributed by atoms with Crippen molar-refractivity contribution in [1.29, 1.82) is 0 Å². The highest BCUT2D eigenvalue weighted by molar-refractivity contribution is 5.31. The van der Waals surface area contributed by atoms with Crippen LogP contribution in [0, 0.1) is 0 Å². The van der Waals surface area contributed by atoms with Gasteiger partial charge in [0.25, 0.3) is 0 Å². The third-order valence-electron chi connectivity index (χ3n) is 1.60. The number of nitrogens with one attached hydrogen (secondary N) is 2. The molecule has 13 heavy (non-hydrogen) atoms. The minimum Gasteiger partial charge on any atom is -0.364 e. The number of nitrogens with zero attached hydrogens (tertiary/aromatic N) is 3. The lowest BCUT2D eigenvalue weighted by molar-refractivity contribution is 1.04. The van der Waals surface area contributed by atoms with Crippen LogP contribution in [0.25, 0.3) is 0 Å². The van der Waals surface area contributed by atoms with Crippen LogP contribution in [0.3, 0.4) is 0 Å². The molecule has 0 aliphatic carbocycles. The maximum atomic E-state index is 4.02. The van der Waals surface area contributed by atoms with Gasteiger partial charge >= 0.3 is 0 Å². The molecule has 2 N–H and O–H groups in total. The van der Waals surface area contributed by atoms with Crippen LogP contribution >= 0.6 is 0 Å². The molecular weight excluding hydrogens is 166 g/mol. The molecule has 5 nitrogen and oxygen atoms in total. The Morgan fingerprint density at radius 2 is 2.38 bits per heavy atom. The summed E-state index contributed by atoms with van der Waals surface area (Å²) in [6, 6.07) is 1.82. The predicted octanol–water partition coefficient (Wildman–Crippen LogP) is 0.812. The first-order chi connectivity index (χ1) is 6.45. The van der Waals surface area contributed by atoms with Crippen LogP contribution < -0.4 is 5.32 Å². The van der Waals surface area contributed by atoms with Crippen molar-refractivity contribution in [1.82, 2.24) is 19.9 Å². The predicted molar refractivity (Wildman–Crippen MR) is 47.9 cm³/mol. The lowest BCUT2D eigenvalue weighted by atomic mass is 10.4. The maximum absolute atomic E-state index is 4.02. The molecule has 0 aliphatic rings. The lowest BCUT2D eigenvalue weighted by Crippen LogP contribution is -2.01. The normalized spacial score (nSPS) is 9.85. The first-order valence-electron chi connectivity index (χ1n) is 3.92. The Morgan fingerprint density at radius 1 is 1.38 bits per heavy atom. The molecule has 66 valence electrons. The summed E-state index contributed by atoms with van der Waals surface area (Å²) >= 11 is 0. The third kappa shape index (κ3) is 2.02. The van der Waals surface area contributed by atoms with Crippen LogP contribution in [-0.2, 0) is 6.54 Å². The van der Waals surface area contributed by atoms with Gasteiger partial charge in [-0.1, -0.05) is 0 Å². The summed E-state index contributed by atoms with van der Waals surface area (Å²) in [6.45, 7) is 0.691. The molecule has 0 spiro atoms. The van der Waals surface area contributed by atoms with E-state index in [0.717, 1.165) is 11.5 Å². The molecule has 0 radical (unpaired) electrons. The molecule has 0 unspecified atom stereocenters. The van der Waals surface area contributed by atoms with E-state index in [1.54, 1.807) is 18.7 Å². The molecule has 2 aromatic heterocycles. The van der Waals surface area contributed by atoms with Crippen molar-refractivity contribution in [3.8, 4) is 0 Å². The van der Waals surface area contributed by atoms with Gasteiger partial charge in [-0.25, -0.2) is 15.0 Å². The molecule has 0 amide bonds. The summed E-state index contributed by atoms with van der Waals surface area (Å²) in [5.41, 5.74) is 1.03. The van der Waals surface area contributed by atoms with Crippen molar-refractivity contribution in [2.24, 2.45) is 0 Å². The summed E-state index contributed by atoms with van der Waals surface area (Å²) < 4.78 is 0. The Balaban J connectivity index is 1.94. The van der Waals surface area contributed by atoms with Crippen LogP contribution in [0.1, 0.15) is 5.69 Å². The molecule has 5 heteroatoms.